The summed E-state index contributed by atoms with van der Waals surface area (Å²) in [7, 11) is 0. The first kappa shape index (κ1) is 16.1. The quantitative estimate of drug-likeness (QED) is 0.387. The van der Waals surface area contributed by atoms with E-state index < -0.39 is 16.6 Å². The highest BCUT2D eigenvalue weighted by molar-refractivity contribution is 9.10. The van der Waals surface area contributed by atoms with Gasteiger partial charge in [-0.05, 0) is 26.7 Å². The van der Waals surface area contributed by atoms with Crippen molar-refractivity contribution in [1.29, 1.82) is 0 Å². The van der Waals surface area contributed by atoms with Gasteiger partial charge in [0.25, 0.3) is 5.78 Å². The van der Waals surface area contributed by atoms with Crippen LogP contribution in [-0.4, -0.2) is 35.8 Å². The fourth-order valence-corrected chi connectivity index (χ4v) is 1.63. The van der Waals surface area contributed by atoms with E-state index >= 15 is 0 Å². The van der Waals surface area contributed by atoms with Gasteiger partial charge in [-0.15, -0.1) is 0 Å². The molecule has 0 aliphatic heterocycles. The van der Waals surface area contributed by atoms with E-state index in [9.17, 15) is 14.4 Å². The fourth-order valence-electron chi connectivity index (χ4n) is 1.12. The normalized spacial score (nSPS) is 11.7. The first-order valence-corrected chi connectivity index (χ1v) is 6.45. The first-order chi connectivity index (χ1) is 8.02. The van der Waals surface area contributed by atoms with Gasteiger partial charge in [-0.2, -0.15) is 0 Å². The molecule has 0 spiro atoms. The number of rotatable bonds is 8. The monoisotopic (exact) mass is 308 g/mol. The molecule has 0 bridgehead atoms. The topological polar surface area (TPSA) is 69.7 Å². The highest BCUT2D eigenvalue weighted by Crippen LogP contribution is 2.12. The zero-order valence-corrected chi connectivity index (χ0v) is 11.6. The average molecular weight is 309 g/mol. The Hall–Kier alpha value is -0.910. The standard InChI is InChI=1S/C11H17BrO5/c1-3-16-9(13)7-5-6-8(12)10(14)11(15)17-4-2/h8H,3-7H2,1-2H3. The number of ether oxygens (including phenoxy) is 2. The third-order valence-corrected chi connectivity index (χ3v) is 2.78. The van der Waals surface area contributed by atoms with Crippen LogP contribution in [0, 0.1) is 0 Å². The molecule has 0 fully saturated rings. The second-order valence-corrected chi connectivity index (χ2v) is 4.35. The summed E-state index contributed by atoms with van der Waals surface area (Å²) in [6.45, 7) is 3.89. The van der Waals surface area contributed by atoms with Crippen molar-refractivity contribution in [2.45, 2.75) is 37.9 Å². The minimum absolute atomic E-state index is 0.174. The van der Waals surface area contributed by atoms with Crippen molar-refractivity contribution in [1.82, 2.24) is 0 Å². The van der Waals surface area contributed by atoms with Crippen molar-refractivity contribution in [2.75, 3.05) is 13.2 Å². The second-order valence-electron chi connectivity index (χ2n) is 3.25. The molecule has 0 radical (unpaired) electrons. The van der Waals surface area contributed by atoms with E-state index in [1.54, 1.807) is 13.8 Å². The molecule has 0 saturated carbocycles. The SMILES string of the molecule is CCOC(=O)CCCC(Br)C(=O)C(=O)OCC. The summed E-state index contributed by atoms with van der Waals surface area (Å²) in [6, 6.07) is 0. The van der Waals surface area contributed by atoms with Crippen LogP contribution in [0.4, 0.5) is 0 Å². The van der Waals surface area contributed by atoms with Crippen molar-refractivity contribution in [3.63, 3.8) is 0 Å². The molecular formula is C11H17BrO5. The van der Waals surface area contributed by atoms with Gasteiger partial charge in [0.1, 0.15) is 0 Å². The van der Waals surface area contributed by atoms with Gasteiger partial charge in [0, 0.05) is 6.42 Å². The molecule has 98 valence electrons. The molecule has 0 amide bonds. The predicted octanol–water partition coefficient (Wildman–Crippen LogP) is 1.62. The summed E-state index contributed by atoms with van der Waals surface area (Å²) in [4.78, 5) is 32.9. The number of hydrogen-bond donors (Lipinski definition) is 0. The van der Waals surface area contributed by atoms with Crippen LogP contribution in [0.2, 0.25) is 0 Å². The molecule has 0 aliphatic rings. The summed E-state index contributed by atoms with van der Waals surface area (Å²) in [5, 5.41) is 0. The van der Waals surface area contributed by atoms with Crippen LogP contribution in [0.15, 0.2) is 0 Å². The van der Waals surface area contributed by atoms with E-state index in [1.165, 1.54) is 0 Å². The molecule has 0 aromatic rings. The zero-order valence-electron chi connectivity index (χ0n) is 10.0. The van der Waals surface area contributed by atoms with Crippen LogP contribution in [-0.2, 0) is 23.9 Å². The summed E-state index contributed by atoms with van der Waals surface area (Å²) >= 11 is 3.10. The van der Waals surface area contributed by atoms with E-state index in [0.717, 1.165) is 0 Å². The smallest absolute Gasteiger partial charge is 0.375 e. The van der Waals surface area contributed by atoms with Gasteiger partial charge < -0.3 is 9.47 Å². The number of esters is 2. The molecule has 6 heteroatoms. The van der Waals surface area contributed by atoms with Gasteiger partial charge in [0.15, 0.2) is 0 Å². The second kappa shape index (κ2) is 9.15. The fraction of sp³-hybridized carbons (Fsp3) is 0.727. The van der Waals surface area contributed by atoms with Crippen LogP contribution in [0.25, 0.3) is 0 Å². The summed E-state index contributed by atoms with van der Waals surface area (Å²) in [6.07, 6.45) is 1.13. The molecule has 0 N–H and O–H groups in total. The highest BCUT2D eigenvalue weighted by Gasteiger charge is 2.23. The van der Waals surface area contributed by atoms with Gasteiger partial charge in [0.2, 0.25) is 0 Å². The van der Waals surface area contributed by atoms with Crippen LogP contribution in [0.5, 0.6) is 0 Å². The van der Waals surface area contributed by atoms with Gasteiger partial charge in [-0.1, -0.05) is 15.9 Å². The molecule has 1 atom stereocenters. The van der Waals surface area contributed by atoms with E-state index in [-0.39, 0.29) is 19.0 Å². The van der Waals surface area contributed by atoms with Crippen LogP contribution in [0.1, 0.15) is 33.1 Å². The maximum absolute atomic E-state index is 11.4. The molecule has 1 unspecified atom stereocenters. The third kappa shape index (κ3) is 7.10. The molecular weight excluding hydrogens is 292 g/mol. The number of alkyl halides is 1. The van der Waals surface area contributed by atoms with Gasteiger partial charge in [-0.25, -0.2) is 4.79 Å². The molecule has 17 heavy (non-hydrogen) atoms. The summed E-state index contributed by atoms with van der Waals surface area (Å²) in [5.41, 5.74) is 0. The van der Waals surface area contributed by atoms with E-state index in [2.05, 4.69) is 20.7 Å². The average Bonchev–Trinajstić information content (AvgIpc) is 2.28. The molecule has 0 aliphatic carbocycles. The van der Waals surface area contributed by atoms with Crippen LogP contribution in [0.3, 0.4) is 0 Å². The van der Waals surface area contributed by atoms with Crippen molar-refractivity contribution in [3.05, 3.63) is 0 Å². The van der Waals surface area contributed by atoms with Crippen molar-refractivity contribution in [2.24, 2.45) is 0 Å². The lowest BCUT2D eigenvalue weighted by Crippen LogP contribution is -2.26. The Labute approximate surface area is 109 Å². The van der Waals surface area contributed by atoms with E-state index in [0.29, 0.717) is 19.4 Å². The first-order valence-electron chi connectivity index (χ1n) is 5.53. The Kier molecular flexibility index (Phi) is 8.66. The summed E-state index contributed by atoms with van der Waals surface area (Å²) < 4.78 is 9.32. The van der Waals surface area contributed by atoms with Crippen molar-refractivity contribution < 1.29 is 23.9 Å². The lowest BCUT2D eigenvalue weighted by molar-refractivity contribution is -0.153. The van der Waals surface area contributed by atoms with Crippen molar-refractivity contribution in [3.8, 4) is 0 Å². The number of ketones is 1. The van der Waals surface area contributed by atoms with Gasteiger partial charge in [0.05, 0.1) is 18.0 Å². The molecule has 0 aromatic carbocycles. The van der Waals surface area contributed by atoms with Crippen LogP contribution >= 0.6 is 15.9 Å². The Morgan fingerprint density at radius 1 is 1.12 bits per heavy atom. The third-order valence-electron chi connectivity index (χ3n) is 1.90. The maximum Gasteiger partial charge on any atom is 0.375 e. The molecule has 0 heterocycles. The Bertz CT molecular complexity index is 277. The number of halogens is 1. The minimum Gasteiger partial charge on any atom is -0.466 e. The largest absolute Gasteiger partial charge is 0.466 e. The number of Topliss-reactive ketones (excluding diaryl/α,β-unsaturated/α-hetero) is 1. The number of carbonyl (C=O) groups is 3. The number of hydrogen-bond acceptors (Lipinski definition) is 5. The molecule has 0 rings (SSSR count). The van der Waals surface area contributed by atoms with Gasteiger partial charge >= 0.3 is 11.9 Å². The Balaban J connectivity index is 3.85. The van der Waals surface area contributed by atoms with E-state index in [4.69, 9.17) is 4.74 Å². The predicted molar refractivity (Wildman–Crippen MR) is 64.8 cm³/mol. The Morgan fingerprint density at radius 3 is 2.24 bits per heavy atom. The maximum atomic E-state index is 11.4. The highest BCUT2D eigenvalue weighted by atomic mass is 79.9. The molecule has 5 nitrogen and oxygen atoms in total. The minimum atomic E-state index is -0.842. The van der Waals surface area contributed by atoms with Crippen molar-refractivity contribution >= 4 is 33.7 Å². The zero-order chi connectivity index (χ0) is 13.3. The number of carbonyl (C=O) groups excluding carboxylic acids is 3. The van der Waals surface area contributed by atoms with E-state index in [1.807, 2.05) is 0 Å². The summed E-state index contributed by atoms with van der Waals surface area (Å²) in [5.74, 6) is -1.75. The lowest BCUT2D eigenvalue weighted by atomic mass is 10.1. The van der Waals surface area contributed by atoms with Gasteiger partial charge in [-0.3, -0.25) is 9.59 Å². The molecule has 0 aromatic heterocycles. The molecule has 0 saturated heterocycles. The Morgan fingerprint density at radius 2 is 1.71 bits per heavy atom. The van der Waals surface area contributed by atoms with Crippen LogP contribution < -0.4 is 0 Å². The lowest BCUT2D eigenvalue weighted by Gasteiger charge is -2.07.